The molecule has 0 radical (unpaired) electrons. The van der Waals surface area contributed by atoms with Crippen molar-refractivity contribution < 1.29 is 19.2 Å². The highest BCUT2D eigenvalue weighted by molar-refractivity contribution is 6.32. The van der Waals surface area contributed by atoms with E-state index in [0.29, 0.717) is 33.3 Å². The van der Waals surface area contributed by atoms with Gasteiger partial charge in [-0.15, -0.1) is 0 Å². The average Bonchev–Trinajstić information content (AvgIpc) is 2.96. The molecule has 2 heterocycles. The van der Waals surface area contributed by atoms with Crippen molar-refractivity contribution in [2.24, 2.45) is 0 Å². The molecule has 2 aromatic heterocycles. The van der Waals surface area contributed by atoms with Crippen LogP contribution in [-0.4, -0.2) is 26.2 Å². The van der Waals surface area contributed by atoms with Gasteiger partial charge in [0, 0.05) is 30.3 Å². The molecule has 8 heteroatoms. The van der Waals surface area contributed by atoms with E-state index in [9.17, 15) is 4.79 Å². The summed E-state index contributed by atoms with van der Waals surface area (Å²) >= 11 is 6.27. The van der Waals surface area contributed by atoms with Crippen molar-refractivity contribution in [3.63, 3.8) is 0 Å². The molecule has 1 atom stereocenters. The van der Waals surface area contributed by atoms with Crippen molar-refractivity contribution >= 4 is 28.5 Å². The number of benzene rings is 1. The third kappa shape index (κ3) is 3.46. The first kappa shape index (κ1) is 16.2. The van der Waals surface area contributed by atoms with Gasteiger partial charge in [0.25, 0.3) is 0 Å². The van der Waals surface area contributed by atoms with E-state index in [0.717, 1.165) is 0 Å². The van der Waals surface area contributed by atoms with Gasteiger partial charge < -0.3 is 14.4 Å². The van der Waals surface area contributed by atoms with Crippen molar-refractivity contribution in [3.05, 3.63) is 47.1 Å². The summed E-state index contributed by atoms with van der Waals surface area (Å²) in [4.78, 5) is 19.0. The van der Waals surface area contributed by atoms with Crippen LogP contribution in [0.3, 0.4) is 0 Å². The Morgan fingerprint density at radius 2 is 2.12 bits per heavy atom. The molecule has 3 rings (SSSR count). The third-order valence-corrected chi connectivity index (χ3v) is 3.72. The largest absolute Gasteiger partial charge is 0.481 e. The second kappa shape index (κ2) is 6.84. The number of fused-ring (bicyclic) bond motifs is 1. The van der Waals surface area contributed by atoms with Gasteiger partial charge >= 0.3 is 5.97 Å². The maximum absolute atomic E-state index is 10.7. The molecule has 0 saturated carbocycles. The molecule has 0 amide bonds. The Morgan fingerprint density at radius 3 is 2.83 bits per heavy atom. The van der Waals surface area contributed by atoms with Crippen LogP contribution in [0.4, 0.5) is 0 Å². The number of nitrogens with zero attached hydrogens (tertiary/aromatic N) is 3. The summed E-state index contributed by atoms with van der Waals surface area (Å²) in [6.45, 7) is 1.81. The van der Waals surface area contributed by atoms with Crippen LogP contribution in [0.1, 0.15) is 31.0 Å². The van der Waals surface area contributed by atoms with Crippen LogP contribution in [-0.2, 0) is 11.2 Å². The molecule has 0 aliphatic heterocycles. The molecule has 0 spiro atoms. The number of rotatable bonds is 6. The molecule has 3 aromatic rings. The molecular weight excluding hydrogens is 334 g/mol. The number of aromatic nitrogens is 3. The highest BCUT2D eigenvalue weighted by Crippen LogP contribution is 2.34. The van der Waals surface area contributed by atoms with Gasteiger partial charge in [-0.05, 0) is 19.1 Å². The molecule has 0 fully saturated rings. The lowest BCUT2D eigenvalue weighted by atomic mass is 10.1. The van der Waals surface area contributed by atoms with Crippen LogP contribution in [0.5, 0.6) is 5.75 Å². The number of carboxylic acid groups (broad SMARTS) is 1. The van der Waals surface area contributed by atoms with E-state index in [4.69, 9.17) is 26.0 Å². The zero-order valence-corrected chi connectivity index (χ0v) is 13.5. The molecule has 0 bridgehead atoms. The monoisotopic (exact) mass is 347 g/mol. The van der Waals surface area contributed by atoms with Crippen LogP contribution < -0.4 is 4.74 Å². The van der Waals surface area contributed by atoms with Crippen LogP contribution in [0, 0.1) is 0 Å². The SMILES string of the molecule is C[C@H](Oc1cc2onc(CCC(=O)O)c2cc1Cl)c1ncccn1. The number of halogens is 1. The summed E-state index contributed by atoms with van der Waals surface area (Å²) in [5.74, 6) is 0.0623. The average molecular weight is 348 g/mol. The summed E-state index contributed by atoms with van der Waals surface area (Å²) in [6.07, 6.45) is 3.12. The van der Waals surface area contributed by atoms with Gasteiger partial charge in [-0.1, -0.05) is 16.8 Å². The number of aliphatic carboxylic acids is 1. The van der Waals surface area contributed by atoms with Crippen molar-refractivity contribution in [2.75, 3.05) is 0 Å². The Balaban J connectivity index is 1.85. The molecule has 24 heavy (non-hydrogen) atoms. The van der Waals surface area contributed by atoms with Crippen LogP contribution in [0.15, 0.2) is 35.1 Å². The minimum absolute atomic E-state index is 0.0279. The van der Waals surface area contributed by atoms with Crippen LogP contribution >= 0.6 is 11.6 Å². The second-order valence-corrected chi connectivity index (χ2v) is 5.58. The fourth-order valence-corrected chi connectivity index (χ4v) is 2.46. The summed E-state index contributed by atoms with van der Waals surface area (Å²) in [7, 11) is 0. The van der Waals surface area contributed by atoms with E-state index >= 15 is 0 Å². The van der Waals surface area contributed by atoms with Crippen molar-refractivity contribution in [1.82, 2.24) is 15.1 Å². The summed E-state index contributed by atoms with van der Waals surface area (Å²) in [5.41, 5.74) is 1.04. The smallest absolute Gasteiger partial charge is 0.303 e. The quantitative estimate of drug-likeness (QED) is 0.729. The predicted octanol–water partition coefficient (Wildman–Crippen LogP) is 3.43. The van der Waals surface area contributed by atoms with Crippen molar-refractivity contribution in [3.8, 4) is 5.75 Å². The van der Waals surface area contributed by atoms with E-state index in [1.165, 1.54) is 0 Å². The van der Waals surface area contributed by atoms with Gasteiger partial charge in [-0.2, -0.15) is 0 Å². The Hall–Kier alpha value is -2.67. The third-order valence-electron chi connectivity index (χ3n) is 3.43. The van der Waals surface area contributed by atoms with Crippen LogP contribution in [0.2, 0.25) is 5.02 Å². The van der Waals surface area contributed by atoms with Gasteiger partial charge in [0.2, 0.25) is 0 Å². The lowest BCUT2D eigenvalue weighted by Crippen LogP contribution is -2.07. The first-order valence-corrected chi connectivity index (χ1v) is 7.65. The van der Waals surface area contributed by atoms with Crippen molar-refractivity contribution in [1.29, 1.82) is 0 Å². The van der Waals surface area contributed by atoms with E-state index in [-0.39, 0.29) is 12.8 Å². The molecule has 0 aliphatic carbocycles. The Morgan fingerprint density at radius 1 is 1.38 bits per heavy atom. The lowest BCUT2D eigenvalue weighted by molar-refractivity contribution is -0.136. The minimum Gasteiger partial charge on any atom is -0.481 e. The molecule has 1 N–H and O–H groups in total. The number of carbonyl (C=O) groups is 1. The molecule has 0 saturated heterocycles. The first-order chi connectivity index (χ1) is 11.5. The zero-order chi connectivity index (χ0) is 17.1. The molecule has 0 aliphatic rings. The van der Waals surface area contributed by atoms with Gasteiger partial charge in [-0.25, -0.2) is 9.97 Å². The molecule has 7 nitrogen and oxygen atoms in total. The highest BCUT2D eigenvalue weighted by atomic mass is 35.5. The Bertz CT molecular complexity index is 866. The zero-order valence-electron chi connectivity index (χ0n) is 12.8. The normalized spacial score (nSPS) is 12.2. The number of carboxylic acids is 1. The van der Waals surface area contributed by atoms with E-state index in [2.05, 4.69) is 15.1 Å². The van der Waals surface area contributed by atoms with Crippen molar-refractivity contribution in [2.45, 2.75) is 25.9 Å². The summed E-state index contributed by atoms with van der Waals surface area (Å²) in [5, 5.41) is 13.7. The summed E-state index contributed by atoms with van der Waals surface area (Å²) < 4.78 is 11.1. The van der Waals surface area contributed by atoms with Crippen LogP contribution in [0.25, 0.3) is 11.0 Å². The van der Waals surface area contributed by atoms with Gasteiger partial charge in [0.15, 0.2) is 17.5 Å². The summed E-state index contributed by atoms with van der Waals surface area (Å²) in [6, 6.07) is 5.02. The Kier molecular flexibility index (Phi) is 4.61. The topological polar surface area (TPSA) is 98.3 Å². The standard InChI is InChI=1S/C16H14ClN3O4/c1-9(16-18-5-2-6-19-16)23-14-8-13-10(7-11(14)17)12(20-24-13)3-4-15(21)22/h2,5-9H,3-4H2,1H3,(H,21,22)/t9-/m0/s1. The molecule has 0 unspecified atom stereocenters. The maximum atomic E-state index is 10.7. The Labute approximate surface area is 142 Å². The molecular formula is C16H14ClN3O4. The van der Waals surface area contributed by atoms with Gasteiger partial charge in [-0.3, -0.25) is 4.79 Å². The highest BCUT2D eigenvalue weighted by Gasteiger charge is 2.17. The number of hydrogen-bond donors (Lipinski definition) is 1. The minimum atomic E-state index is -0.895. The number of aryl methyl sites for hydroxylation is 1. The lowest BCUT2D eigenvalue weighted by Gasteiger charge is -2.14. The predicted molar refractivity (Wildman–Crippen MR) is 86.1 cm³/mol. The van der Waals surface area contributed by atoms with Gasteiger partial charge in [0.05, 0.1) is 17.1 Å². The first-order valence-electron chi connectivity index (χ1n) is 7.27. The maximum Gasteiger partial charge on any atom is 0.303 e. The van der Waals surface area contributed by atoms with E-state index in [1.54, 1.807) is 30.6 Å². The fourth-order valence-electron chi connectivity index (χ4n) is 2.25. The van der Waals surface area contributed by atoms with Gasteiger partial charge in [0.1, 0.15) is 5.75 Å². The van der Waals surface area contributed by atoms with E-state index < -0.39 is 12.1 Å². The number of hydrogen-bond acceptors (Lipinski definition) is 6. The number of ether oxygens (including phenoxy) is 1. The van der Waals surface area contributed by atoms with E-state index in [1.807, 2.05) is 6.92 Å². The fraction of sp³-hybridized carbons (Fsp3) is 0.250. The molecule has 1 aromatic carbocycles. The molecule has 124 valence electrons. The second-order valence-electron chi connectivity index (χ2n) is 5.17.